The van der Waals surface area contributed by atoms with E-state index in [1.165, 1.54) is 11.3 Å². The van der Waals surface area contributed by atoms with Crippen molar-refractivity contribution in [2.24, 2.45) is 0 Å². The van der Waals surface area contributed by atoms with Crippen LogP contribution in [0.15, 0.2) is 24.3 Å². The van der Waals surface area contributed by atoms with Crippen LogP contribution in [0, 0.1) is 0 Å². The summed E-state index contributed by atoms with van der Waals surface area (Å²) in [5, 5.41) is 8.72. The van der Waals surface area contributed by atoms with Crippen LogP contribution in [0.1, 0.15) is 12.5 Å². The largest absolute Gasteiger partial charge is 0.394 e. The van der Waals surface area contributed by atoms with E-state index in [0.717, 1.165) is 19.6 Å². The molecule has 1 aromatic carbocycles. The van der Waals surface area contributed by atoms with E-state index in [2.05, 4.69) is 48.0 Å². The third-order valence-electron chi connectivity index (χ3n) is 3.70. The van der Waals surface area contributed by atoms with Gasteiger partial charge in [-0.1, -0.05) is 18.2 Å². The molecule has 1 aromatic rings. The first kappa shape index (κ1) is 14.3. The molecule has 1 unspecified atom stereocenters. The van der Waals surface area contributed by atoms with Gasteiger partial charge in [0, 0.05) is 38.4 Å². The Balaban J connectivity index is 2.01. The van der Waals surface area contributed by atoms with Crippen LogP contribution in [-0.2, 0) is 11.3 Å². The molecule has 1 atom stereocenters. The van der Waals surface area contributed by atoms with Gasteiger partial charge >= 0.3 is 0 Å². The third-order valence-corrected chi connectivity index (χ3v) is 3.70. The Labute approximate surface area is 115 Å². The monoisotopic (exact) mass is 264 g/mol. The number of likely N-dealkylation sites (N-methyl/N-ethyl adjacent to an activating group) is 1. The highest BCUT2D eigenvalue weighted by Crippen LogP contribution is 2.25. The average molecular weight is 264 g/mol. The normalized spacial score (nSPS) is 20.2. The second kappa shape index (κ2) is 6.89. The smallest absolute Gasteiger partial charge is 0.0698 e. The molecule has 4 nitrogen and oxygen atoms in total. The van der Waals surface area contributed by atoms with Gasteiger partial charge in [-0.2, -0.15) is 0 Å². The Hall–Kier alpha value is -1.10. The van der Waals surface area contributed by atoms with E-state index in [1.54, 1.807) is 0 Å². The lowest BCUT2D eigenvalue weighted by molar-refractivity contribution is 0.0642. The zero-order valence-electron chi connectivity index (χ0n) is 11.9. The number of rotatable bonds is 5. The van der Waals surface area contributed by atoms with E-state index in [-0.39, 0.29) is 6.61 Å². The van der Waals surface area contributed by atoms with Gasteiger partial charge in [-0.15, -0.1) is 0 Å². The van der Waals surface area contributed by atoms with Crippen LogP contribution in [0.3, 0.4) is 0 Å². The second-order valence-electron chi connectivity index (χ2n) is 5.16. The standard InChI is InChI=1S/C15H24N2O2/c1-13-11-16(2)15-6-4-3-5-14(15)12-17(13)7-9-19-10-8-18/h3-6,13,18H,7-12H2,1-2H3. The van der Waals surface area contributed by atoms with Crippen molar-refractivity contribution >= 4 is 5.69 Å². The van der Waals surface area contributed by atoms with Crippen molar-refractivity contribution < 1.29 is 9.84 Å². The number of ether oxygens (including phenoxy) is 1. The van der Waals surface area contributed by atoms with Gasteiger partial charge in [-0.25, -0.2) is 0 Å². The van der Waals surface area contributed by atoms with Gasteiger partial charge < -0.3 is 14.7 Å². The fourth-order valence-electron chi connectivity index (χ4n) is 2.65. The second-order valence-corrected chi connectivity index (χ2v) is 5.16. The quantitative estimate of drug-likeness (QED) is 0.814. The number of aliphatic hydroxyl groups is 1. The van der Waals surface area contributed by atoms with Crippen LogP contribution < -0.4 is 4.90 Å². The number of benzene rings is 1. The van der Waals surface area contributed by atoms with Crippen molar-refractivity contribution in [1.29, 1.82) is 0 Å². The minimum atomic E-state index is 0.0983. The Kier molecular flexibility index (Phi) is 5.19. The number of aliphatic hydroxyl groups excluding tert-OH is 1. The number of hydrogen-bond acceptors (Lipinski definition) is 4. The molecule has 1 aliphatic heterocycles. The maximum Gasteiger partial charge on any atom is 0.0698 e. The lowest BCUT2D eigenvalue weighted by Crippen LogP contribution is -2.39. The molecule has 19 heavy (non-hydrogen) atoms. The molecule has 0 spiro atoms. The first-order chi connectivity index (χ1) is 9.22. The zero-order chi connectivity index (χ0) is 13.7. The van der Waals surface area contributed by atoms with E-state index in [4.69, 9.17) is 9.84 Å². The predicted octanol–water partition coefficient (Wildman–Crippen LogP) is 1.34. The van der Waals surface area contributed by atoms with Crippen LogP contribution in [0.4, 0.5) is 5.69 Å². The van der Waals surface area contributed by atoms with E-state index in [0.29, 0.717) is 19.3 Å². The highest BCUT2D eigenvalue weighted by atomic mass is 16.5. The number of anilines is 1. The molecule has 0 aliphatic carbocycles. The van der Waals surface area contributed by atoms with Gasteiger partial charge in [0.15, 0.2) is 0 Å². The molecule has 106 valence electrons. The molecule has 0 saturated heterocycles. The summed E-state index contributed by atoms with van der Waals surface area (Å²) >= 11 is 0. The van der Waals surface area contributed by atoms with Gasteiger partial charge in [0.2, 0.25) is 0 Å². The Bertz CT molecular complexity index is 397. The summed E-state index contributed by atoms with van der Waals surface area (Å²) < 4.78 is 5.38. The first-order valence-corrected chi connectivity index (χ1v) is 6.94. The Morgan fingerprint density at radius 1 is 1.32 bits per heavy atom. The first-order valence-electron chi connectivity index (χ1n) is 6.94. The Morgan fingerprint density at radius 2 is 2.11 bits per heavy atom. The number of nitrogens with zero attached hydrogens (tertiary/aromatic N) is 2. The summed E-state index contributed by atoms with van der Waals surface area (Å²) in [4.78, 5) is 4.77. The molecule has 0 aromatic heterocycles. The minimum Gasteiger partial charge on any atom is -0.394 e. The van der Waals surface area contributed by atoms with Crippen LogP contribution in [-0.4, -0.2) is 56.0 Å². The van der Waals surface area contributed by atoms with Crippen molar-refractivity contribution in [2.45, 2.75) is 19.5 Å². The summed E-state index contributed by atoms with van der Waals surface area (Å²) in [5.74, 6) is 0. The van der Waals surface area contributed by atoms with Crippen molar-refractivity contribution in [3.05, 3.63) is 29.8 Å². The summed E-state index contributed by atoms with van der Waals surface area (Å²) in [6.45, 7) is 6.36. The third kappa shape index (κ3) is 3.69. The molecule has 4 heteroatoms. The van der Waals surface area contributed by atoms with Gasteiger partial charge in [0.25, 0.3) is 0 Å². The van der Waals surface area contributed by atoms with Gasteiger partial charge in [0.1, 0.15) is 0 Å². The van der Waals surface area contributed by atoms with E-state index in [1.807, 2.05) is 0 Å². The summed E-state index contributed by atoms with van der Waals surface area (Å²) in [6.07, 6.45) is 0. The van der Waals surface area contributed by atoms with E-state index >= 15 is 0 Å². The minimum absolute atomic E-state index is 0.0983. The molecule has 0 saturated carbocycles. The molecule has 1 heterocycles. The van der Waals surface area contributed by atoms with Crippen LogP contribution in [0.2, 0.25) is 0 Å². The van der Waals surface area contributed by atoms with Crippen LogP contribution >= 0.6 is 0 Å². The van der Waals surface area contributed by atoms with Crippen molar-refractivity contribution in [2.75, 3.05) is 44.9 Å². The predicted molar refractivity (Wildman–Crippen MR) is 77.5 cm³/mol. The summed E-state index contributed by atoms with van der Waals surface area (Å²) in [6, 6.07) is 9.08. The number of fused-ring (bicyclic) bond motifs is 1. The van der Waals surface area contributed by atoms with Gasteiger partial charge in [-0.3, -0.25) is 4.90 Å². The fourth-order valence-corrected chi connectivity index (χ4v) is 2.65. The maximum absolute atomic E-state index is 8.72. The van der Waals surface area contributed by atoms with Crippen LogP contribution in [0.5, 0.6) is 0 Å². The molecule has 2 rings (SSSR count). The van der Waals surface area contributed by atoms with Crippen LogP contribution in [0.25, 0.3) is 0 Å². The van der Waals surface area contributed by atoms with Crippen molar-refractivity contribution in [1.82, 2.24) is 4.90 Å². The fraction of sp³-hybridized carbons (Fsp3) is 0.600. The topological polar surface area (TPSA) is 35.9 Å². The molecule has 0 fully saturated rings. The van der Waals surface area contributed by atoms with E-state index in [9.17, 15) is 0 Å². The van der Waals surface area contributed by atoms with Gasteiger partial charge in [-0.05, 0) is 18.6 Å². The highest BCUT2D eigenvalue weighted by Gasteiger charge is 2.22. The molecule has 0 radical (unpaired) electrons. The molecule has 0 bridgehead atoms. The molecule has 0 amide bonds. The Morgan fingerprint density at radius 3 is 2.89 bits per heavy atom. The summed E-state index contributed by atoms with van der Waals surface area (Å²) in [5.41, 5.74) is 2.70. The number of hydrogen-bond donors (Lipinski definition) is 1. The maximum atomic E-state index is 8.72. The highest BCUT2D eigenvalue weighted by molar-refractivity contribution is 5.53. The zero-order valence-corrected chi connectivity index (χ0v) is 11.9. The molecular formula is C15H24N2O2. The lowest BCUT2D eigenvalue weighted by atomic mass is 10.1. The van der Waals surface area contributed by atoms with E-state index < -0.39 is 0 Å². The lowest BCUT2D eigenvalue weighted by Gasteiger charge is -2.28. The molecular weight excluding hydrogens is 240 g/mol. The molecule has 1 N–H and O–H groups in total. The number of para-hydroxylation sites is 1. The average Bonchev–Trinajstić information content (AvgIpc) is 2.53. The van der Waals surface area contributed by atoms with Crippen molar-refractivity contribution in [3.8, 4) is 0 Å². The van der Waals surface area contributed by atoms with Gasteiger partial charge in [0.05, 0.1) is 19.8 Å². The van der Waals surface area contributed by atoms with Crippen molar-refractivity contribution in [3.63, 3.8) is 0 Å². The summed E-state index contributed by atoms with van der Waals surface area (Å²) in [7, 11) is 2.15. The molecule has 1 aliphatic rings. The SMILES string of the molecule is CC1CN(C)c2ccccc2CN1CCOCCO.